The lowest BCUT2D eigenvalue weighted by Gasteiger charge is -2.07. The van der Waals surface area contributed by atoms with Crippen LogP contribution in [0, 0.1) is 0 Å². The summed E-state index contributed by atoms with van der Waals surface area (Å²) in [5.74, 6) is 0.139. The Bertz CT molecular complexity index is 980. The number of anilines is 1. The van der Waals surface area contributed by atoms with Crippen LogP contribution in [0.1, 0.15) is 10.4 Å². The van der Waals surface area contributed by atoms with Crippen molar-refractivity contribution in [1.29, 1.82) is 0 Å². The van der Waals surface area contributed by atoms with Crippen molar-refractivity contribution in [3.05, 3.63) is 67.4 Å². The molecule has 1 aromatic heterocycles. The zero-order valence-corrected chi connectivity index (χ0v) is 15.6. The van der Waals surface area contributed by atoms with Gasteiger partial charge in [-0.3, -0.25) is 4.79 Å². The van der Waals surface area contributed by atoms with Crippen LogP contribution in [0.15, 0.2) is 60.6 Å². The Morgan fingerprint density at radius 3 is 2.50 bits per heavy atom. The third kappa shape index (κ3) is 3.37. The average Bonchev–Trinajstić information content (AvgIpc) is 2.55. The second-order valence-corrected chi connectivity index (χ2v) is 6.71. The first-order valence-electron chi connectivity index (χ1n) is 6.86. The molecule has 0 aliphatic rings. The maximum atomic E-state index is 12.4. The van der Waals surface area contributed by atoms with Crippen LogP contribution in [0.5, 0.6) is 5.75 Å². The lowest BCUT2D eigenvalue weighted by molar-refractivity contribution is 0.102. The van der Waals surface area contributed by atoms with E-state index in [4.69, 9.17) is 9.15 Å². The Kier molecular flexibility index (Phi) is 4.73. The number of fused-ring (bicyclic) bond motifs is 1. The van der Waals surface area contributed by atoms with E-state index in [-0.39, 0.29) is 5.56 Å². The number of carbonyl (C=O) groups is 1. The topological polar surface area (TPSA) is 68.5 Å². The summed E-state index contributed by atoms with van der Waals surface area (Å²) in [6.07, 6.45) is 0. The molecule has 0 unspecified atom stereocenters. The molecule has 3 rings (SSSR count). The fourth-order valence-corrected chi connectivity index (χ4v) is 3.53. The van der Waals surface area contributed by atoms with E-state index < -0.39 is 11.5 Å². The smallest absolute Gasteiger partial charge is 0.349 e. The Labute approximate surface area is 153 Å². The normalized spacial score (nSPS) is 10.6. The van der Waals surface area contributed by atoms with Crippen molar-refractivity contribution in [1.82, 2.24) is 0 Å². The van der Waals surface area contributed by atoms with Crippen molar-refractivity contribution < 1.29 is 13.9 Å². The fraction of sp³-hybridized carbons (Fsp3) is 0.0588. The summed E-state index contributed by atoms with van der Waals surface area (Å²) in [5, 5.41) is 3.30. The highest BCUT2D eigenvalue weighted by molar-refractivity contribution is 9.11. The predicted molar refractivity (Wildman–Crippen MR) is 98.8 cm³/mol. The van der Waals surface area contributed by atoms with Gasteiger partial charge in [-0.1, -0.05) is 15.9 Å². The Hall–Kier alpha value is -2.12. The van der Waals surface area contributed by atoms with Gasteiger partial charge >= 0.3 is 5.63 Å². The fourth-order valence-electron chi connectivity index (χ4n) is 2.19. The number of methoxy groups -OCH3 is 1. The molecule has 2 aromatic carbocycles. The molecule has 0 radical (unpaired) electrons. The van der Waals surface area contributed by atoms with Gasteiger partial charge in [0.25, 0.3) is 5.91 Å². The number of nitrogens with one attached hydrogen (secondary N) is 1. The van der Waals surface area contributed by atoms with Crippen LogP contribution in [-0.2, 0) is 0 Å². The number of amides is 1. The van der Waals surface area contributed by atoms with Gasteiger partial charge in [0.15, 0.2) is 5.58 Å². The van der Waals surface area contributed by atoms with Gasteiger partial charge in [0, 0.05) is 15.5 Å². The van der Waals surface area contributed by atoms with Gasteiger partial charge in [0.1, 0.15) is 11.3 Å². The molecule has 0 saturated heterocycles. The van der Waals surface area contributed by atoms with E-state index in [0.717, 1.165) is 4.47 Å². The minimum Gasteiger partial charge on any atom is -0.497 e. The maximum Gasteiger partial charge on any atom is 0.349 e. The Morgan fingerprint density at radius 2 is 1.83 bits per heavy atom. The molecule has 1 N–H and O–H groups in total. The largest absolute Gasteiger partial charge is 0.497 e. The van der Waals surface area contributed by atoms with E-state index in [0.29, 0.717) is 26.9 Å². The molecule has 24 heavy (non-hydrogen) atoms. The van der Waals surface area contributed by atoms with Gasteiger partial charge in [-0.25, -0.2) is 4.79 Å². The molecule has 7 heteroatoms. The average molecular weight is 453 g/mol. The molecule has 5 nitrogen and oxygen atoms in total. The van der Waals surface area contributed by atoms with Crippen LogP contribution >= 0.6 is 31.9 Å². The second kappa shape index (κ2) is 6.78. The van der Waals surface area contributed by atoms with Crippen LogP contribution in [0.25, 0.3) is 11.0 Å². The van der Waals surface area contributed by atoms with E-state index in [1.54, 1.807) is 43.5 Å². The summed E-state index contributed by atoms with van der Waals surface area (Å²) in [6, 6.07) is 11.9. The van der Waals surface area contributed by atoms with Crippen LogP contribution in [0.3, 0.4) is 0 Å². The minimum absolute atomic E-state index is 0.0664. The number of hydrogen-bond acceptors (Lipinski definition) is 4. The highest BCUT2D eigenvalue weighted by Crippen LogP contribution is 2.28. The Balaban J connectivity index is 1.97. The monoisotopic (exact) mass is 451 g/mol. The van der Waals surface area contributed by atoms with Crippen molar-refractivity contribution in [3.63, 3.8) is 0 Å². The Morgan fingerprint density at radius 1 is 1.12 bits per heavy atom. The molecule has 0 fully saturated rings. The highest BCUT2D eigenvalue weighted by Gasteiger charge is 2.15. The lowest BCUT2D eigenvalue weighted by Crippen LogP contribution is -2.20. The molecule has 0 saturated carbocycles. The number of carbonyl (C=O) groups excluding carboxylic acids is 1. The van der Waals surface area contributed by atoms with Crippen LogP contribution in [-0.4, -0.2) is 13.0 Å². The number of benzene rings is 2. The summed E-state index contributed by atoms with van der Waals surface area (Å²) in [5.41, 5.74) is 0.180. The molecule has 0 atom stereocenters. The van der Waals surface area contributed by atoms with E-state index in [1.165, 1.54) is 6.07 Å². The molecule has 0 spiro atoms. The molecular weight excluding hydrogens is 442 g/mol. The van der Waals surface area contributed by atoms with Crippen molar-refractivity contribution >= 4 is 54.4 Å². The van der Waals surface area contributed by atoms with Crippen LogP contribution in [0.4, 0.5) is 5.69 Å². The molecule has 1 heterocycles. The van der Waals surface area contributed by atoms with Gasteiger partial charge in [-0.2, -0.15) is 0 Å². The van der Waals surface area contributed by atoms with Crippen molar-refractivity contribution in [3.8, 4) is 5.75 Å². The van der Waals surface area contributed by atoms with Crippen LogP contribution < -0.4 is 15.7 Å². The first-order valence-corrected chi connectivity index (χ1v) is 8.45. The number of halogens is 2. The highest BCUT2D eigenvalue weighted by atomic mass is 79.9. The minimum atomic E-state index is -0.698. The molecule has 0 bridgehead atoms. The van der Waals surface area contributed by atoms with Gasteiger partial charge in [0.05, 0.1) is 11.6 Å². The van der Waals surface area contributed by atoms with E-state index in [9.17, 15) is 9.59 Å². The van der Waals surface area contributed by atoms with Gasteiger partial charge in [-0.15, -0.1) is 0 Å². The number of ether oxygens (including phenoxy) is 1. The van der Waals surface area contributed by atoms with E-state index in [1.807, 2.05) is 0 Å². The SMILES string of the molecule is COc1ccc(NC(=O)c2cc3cc(Br)cc(Br)c3oc2=O)cc1. The molecule has 0 aliphatic carbocycles. The van der Waals surface area contributed by atoms with Crippen molar-refractivity contribution in [2.75, 3.05) is 12.4 Å². The summed E-state index contributed by atoms with van der Waals surface area (Å²) < 4.78 is 11.8. The zero-order chi connectivity index (χ0) is 17.3. The van der Waals surface area contributed by atoms with Crippen LogP contribution in [0.2, 0.25) is 0 Å². The summed E-state index contributed by atoms with van der Waals surface area (Å²) in [7, 11) is 1.56. The molecular formula is C17H11Br2NO4. The molecule has 122 valence electrons. The third-order valence-corrected chi connectivity index (χ3v) is 4.39. The van der Waals surface area contributed by atoms with Crippen molar-refractivity contribution in [2.45, 2.75) is 0 Å². The first kappa shape index (κ1) is 16.7. The van der Waals surface area contributed by atoms with Gasteiger partial charge in [-0.05, 0) is 58.4 Å². The standard InChI is InChI=1S/C17H11Br2NO4/c1-23-12-4-2-11(3-5-12)20-16(21)13-7-9-6-10(18)8-14(19)15(9)24-17(13)22/h2-8H,1H3,(H,20,21). The van der Waals surface area contributed by atoms with E-state index >= 15 is 0 Å². The van der Waals surface area contributed by atoms with Gasteiger partial charge in [0.2, 0.25) is 0 Å². The summed E-state index contributed by atoms with van der Waals surface area (Å²) in [6.45, 7) is 0. The number of rotatable bonds is 3. The van der Waals surface area contributed by atoms with Gasteiger partial charge < -0.3 is 14.5 Å². The first-order chi connectivity index (χ1) is 11.5. The molecule has 0 aliphatic heterocycles. The molecule has 1 amide bonds. The van der Waals surface area contributed by atoms with E-state index in [2.05, 4.69) is 37.2 Å². The summed E-state index contributed by atoms with van der Waals surface area (Å²) >= 11 is 6.70. The molecule has 3 aromatic rings. The maximum absolute atomic E-state index is 12.4. The number of hydrogen-bond donors (Lipinski definition) is 1. The lowest BCUT2D eigenvalue weighted by atomic mass is 10.1. The summed E-state index contributed by atoms with van der Waals surface area (Å²) in [4.78, 5) is 24.5. The zero-order valence-electron chi connectivity index (χ0n) is 12.4. The third-order valence-electron chi connectivity index (χ3n) is 3.34. The predicted octanol–water partition coefficient (Wildman–Crippen LogP) is 4.58. The second-order valence-electron chi connectivity index (χ2n) is 4.94. The quantitative estimate of drug-likeness (QED) is 0.590. The van der Waals surface area contributed by atoms with Crippen molar-refractivity contribution in [2.24, 2.45) is 0 Å².